The Morgan fingerprint density at radius 3 is 2.32 bits per heavy atom. The number of amides is 1. The van der Waals surface area contributed by atoms with Crippen molar-refractivity contribution in [3.8, 4) is 0 Å². The minimum atomic E-state index is -0.275. The van der Waals surface area contributed by atoms with E-state index in [-0.39, 0.29) is 11.6 Å². The molecule has 0 spiro atoms. The first-order chi connectivity index (χ1) is 12.0. The number of nitrogens with zero attached hydrogens (tertiary/aromatic N) is 2. The van der Waals surface area contributed by atoms with E-state index in [1.807, 2.05) is 63.2 Å². The van der Waals surface area contributed by atoms with Crippen molar-refractivity contribution >= 4 is 23.1 Å². The van der Waals surface area contributed by atoms with Gasteiger partial charge in [0.2, 0.25) is 0 Å². The van der Waals surface area contributed by atoms with Gasteiger partial charge in [0.05, 0.1) is 0 Å². The Hall–Kier alpha value is -3.21. The van der Waals surface area contributed by atoms with Gasteiger partial charge in [-0.05, 0) is 62.2 Å². The molecule has 1 amide bonds. The minimum Gasteiger partial charge on any atom is -0.339 e. The number of hydrogen-bond acceptors (Lipinski definition) is 4. The van der Waals surface area contributed by atoms with Gasteiger partial charge in [-0.1, -0.05) is 29.8 Å². The molecule has 2 N–H and O–H groups in total. The summed E-state index contributed by atoms with van der Waals surface area (Å²) in [5.41, 5.74) is 5.34. The van der Waals surface area contributed by atoms with Gasteiger partial charge in [-0.2, -0.15) is 0 Å². The van der Waals surface area contributed by atoms with E-state index in [4.69, 9.17) is 0 Å². The van der Waals surface area contributed by atoms with Crippen molar-refractivity contribution in [1.82, 2.24) is 10.2 Å². The normalized spacial score (nSPS) is 10.4. The summed E-state index contributed by atoms with van der Waals surface area (Å²) < 4.78 is 0. The van der Waals surface area contributed by atoms with Crippen LogP contribution in [0.3, 0.4) is 0 Å². The lowest BCUT2D eigenvalue weighted by Gasteiger charge is -2.10. The van der Waals surface area contributed by atoms with Gasteiger partial charge in [0.25, 0.3) is 5.91 Å². The fourth-order valence-electron chi connectivity index (χ4n) is 2.38. The van der Waals surface area contributed by atoms with E-state index in [9.17, 15) is 4.79 Å². The average molecular weight is 332 g/mol. The Labute approximate surface area is 147 Å². The molecule has 1 aromatic heterocycles. The third-order valence-electron chi connectivity index (χ3n) is 4.07. The van der Waals surface area contributed by atoms with Crippen LogP contribution in [-0.2, 0) is 0 Å². The molecule has 0 saturated heterocycles. The van der Waals surface area contributed by atoms with Crippen molar-refractivity contribution in [3.05, 3.63) is 77.0 Å². The molecule has 3 aromatic rings. The molecule has 0 aliphatic rings. The molecule has 0 atom stereocenters. The Morgan fingerprint density at radius 2 is 1.64 bits per heavy atom. The number of carbonyl (C=O) groups excluding carboxylic acids is 1. The highest BCUT2D eigenvalue weighted by atomic mass is 16.1. The summed E-state index contributed by atoms with van der Waals surface area (Å²) in [6.45, 7) is 6.02. The van der Waals surface area contributed by atoms with Crippen molar-refractivity contribution in [2.45, 2.75) is 20.8 Å². The highest BCUT2D eigenvalue weighted by molar-refractivity contribution is 6.03. The van der Waals surface area contributed by atoms with Crippen LogP contribution in [0.25, 0.3) is 0 Å². The number of nitrogens with one attached hydrogen (secondary N) is 2. The Bertz CT molecular complexity index is 887. The maximum atomic E-state index is 12.4. The van der Waals surface area contributed by atoms with Crippen molar-refractivity contribution in [2.24, 2.45) is 0 Å². The highest BCUT2D eigenvalue weighted by Gasteiger charge is 2.10. The summed E-state index contributed by atoms with van der Waals surface area (Å²) in [4.78, 5) is 12.4. The summed E-state index contributed by atoms with van der Waals surface area (Å²) in [5, 5.41) is 14.1. The zero-order valence-electron chi connectivity index (χ0n) is 14.5. The van der Waals surface area contributed by atoms with Gasteiger partial charge in [0, 0.05) is 11.4 Å². The van der Waals surface area contributed by atoms with E-state index in [2.05, 4.69) is 20.8 Å². The van der Waals surface area contributed by atoms with Crippen molar-refractivity contribution in [1.29, 1.82) is 0 Å². The summed E-state index contributed by atoms with van der Waals surface area (Å²) in [7, 11) is 0. The molecule has 0 unspecified atom stereocenters. The van der Waals surface area contributed by atoms with E-state index in [0.717, 1.165) is 22.5 Å². The summed E-state index contributed by atoms with van der Waals surface area (Å²) in [5.74, 6) is 0.315. The summed E-state index contributed by atoms with van der Waals surface area (Å²) >= 11 is 0. The highest BCUT2D eigenvalue weighted by Crippen LogP contribution is 2.19. The van der Waals surface area contributed by atoms with Crippen molar-refractivity contribution in [3.63, 3.8) is 0 Å². The average Bonchev–Trinajstić information content (AvgIpc) is 2.61. The topological polar surface area (TPSA) is 66.9 Å². The second-order valence-electron chi connectivity index (χ2n) is 6.00. The fourth-order valence-corrected chi connectivity index (χ4v) is 2.38. The van der Waals surface area contributed by atoms with Crippen LogP contribution in [0.4, 0.5) is 17.2 Å². The molecule has 3 rings (SSSR count). The molecule has 2 aromatic carbocycles. The fraction of sp³-hybridized carbons (Fsp3) is 0.150. The molecule has 0 aliphatic heterocycles. The first-order valence-electron chi connectivity index (χ1n) is 8.08. The van der Waals surface area contributed by atoms with E-state index in [0.29, 0.717) is 5.82 Å². The van der Waals surface area contributed by atoms with Crippen LogP contribution >= 0.6 is 0 Å². The van der Waals surface area contributed by atoms with Gasteiger partial charge in [-0.15, -0.1) is 10.2 Å². The molecular weight excluding hydrogens is 312 g/mol. The zero-order valence-corrected chi connectivity index (χ0v) is 14.5. The minimum absolute atomic E-state index is 0.273. The van der Waals surface area contributed by atoms with E-state index in [1.54, 1.807) is 12.1 Å². The molecule has 126 valence electrons. The molecule has 0 bridgehead atoms. The molecule has 1 heterocycles. The Kier molecular flexibility index (Phi) is 4.75. The lowest BCUT2D eigenvalue weighted by Crippen LogP contribution is -2.15. The zero-order chi connectivity index (χ0) is 17.8. The third-order valence-corrected chi connectivity index (χ3v) is 4.07. The summed E-state index contributed by atoms with van der Waals surface area (Å²) in [6.07, 6.45) is 0. The Balaban J connectivity index is 1.70. The maximum Gasteiger partial charge on any atom is 0.276 e. The van der Waals surface area contributed by atoms with E-state index >= 15 is 0 Å². The number of benzene rings is 2. The van der Waals surface area contributed by atoms with Crippen LogP contribution in [0.5, 0.6) is 0 Å². The van der Waals surface area contributed by atoms with Crippen molar-refractivity contribution < 1.29 is 4.79 Å². The number of hydrogen-bond donors (Lipinski definition) is 2. The lowest BCUT2D eigenvalue weighted by molar-refractivity contribution is 0.102. The van der Waals surface area contributed by atoms with Gasteiger partial charge >= 0.3 is 0 Å². The molecule has 5 nitrogen and oxygen atoms in total. The maximum absolute atomic E-state index is 12.4. The quantitative estimate of drug-likeness (QED) is 0.743. The van der Waals surface area contributed by atoms with Crippen LogP contribution in [0.2, 0.25) is 0 Å². The second kappa shape index (κ2) is 7.13. The molecule has 0 radical (unpaired) electrons. The number of rotatable bonds is 4. The van der Waals surface area contributed by atoms with Crippen LogP contribution in [0.15, 0.2) is 54.6 Å². The van der Waals surface area contributed by atoms with Crippen LogP contribution in [0, 0.1) is 20.8 Å². The molecule has 0 saturated carbocycles. The van der Waals surface area contributed by atoms with E-state index in [1.165, 1.54) is 5.56 Å². The monoisotopic (exact) mass is 332 g/mol. The Morgan fingerprint density at radius 1 is 0.880 bits per heavy atom. The largest absolute Gasteiger partial charge is 0.339 e. The number of aromatic nitrogens is 2. The second-order valence-corrected chi connectivity index (χ2v) is 6.00. The number of carbonyl (C=O) groups is 1. The first-order valence-corrected chi connectivity index (χ1v) is 8.08. The van der Waals surface area contributed by atoms with Crippen LogP contribution in [-0.4, -0.2) is 16.1 Å². The van der Waals surface area contributed by atoms with E-state index < -0.39 is 0 Å². The van der Waals surface area contributed by atoms with Crippen LogP contribution < -0.4 is 10.6 Å². The van der Waals surface area contributed by atoms with Gasteiger partial charge in [0.1, 0.15) is 0 Å². The summed E-state index contributed by atoms with van der Waals surface area (Å²) in [6, 6.07) is 17.2. The molecule has 0 aliphatic carbocycles. The van der Waals surface area contributed by atoms with Gasteiger partial charge in [-0.25, -0.2) is 0 Å². The standard InChI is InChI=1S/C20H20N4O/c1-13-7-9-16(10-8-13)21-19-12-11-18(23-24-19)20(25)22-17-6-4-5-14(2)15(17)3/h4-12H,1-3H3,(H,21,24)(H,22,25). The predicted octanol–water partition coefficient (Wildman–Crippen LogP) is 4.40. The molecule has 5 heteroatoms. The lowest BCUT2D eigenvalue weighted by atomic mass is 10.1. The number of aryl methyl sites for hydroxylation is 2. The predicted molar refractivity (Wildman–Crippen MR) is 100 cm³/mol. The smallest absolute Gasteiger partial charge is 0.276 e. The molecule has 25 heavy (non-hydrogen) atoms. The third kappa shape index (κ3) is 4.01. The van der Waals surface area contributed by atoms with Gasteiger partial charge in [0.15, 0.2) is 11.5 Å². The number of anilines is 3. The van der Waals surface area contributed by atoms with Crippen LogP contribution in [0.1, 0.15) is 27.2 Å². The van der Waals surface area contributed by atoms with Gasteiger partial charge in [-0.3, -0.25) is 4.79 Å². The first kappa shape index (κ1) is 16.6. The van der Waals surface area contributed by atoms with Crippen molar-refractivity contribution in [2.75, 3.05) is 10.6 Å². The SMILES string of the molecule is Cc1ccc(Nc2ccc(C(=O)Nc3cccc(C)c3C)nn2)cc1. The van der Waals surface area contributed by atoms with Gasteiger partial charge < -0.3 is 10.6 Å². The molecular formula is C20H20N4O. The molecule has 0 fully saturated rings.